The molecule has 2 aromatic rings. The van der Waals surface area contributed by atoms with Crippen molar-refractivity contribution in [2.75, 3.05) is 0 Å². The fourth-order valence-corrected chi connectivity index (χ4v) is 3.43. The lowest BCUT2D eigenvalue weighted by Gasteiger charge is -2.25. The Morgan fingerprint density at radius 1 is 1.38 bits per heavy atom. The Balaban J connectivity index is 1.96. The molecule has 1 saturated carbocycles. The minimum absolute atomic E-state index is 0.0139. The lowest BCUT2D eigenvalue weighted by atomic mass is 9.96. The highest BCUT2D eigenvalue weighted by atomic mass is 35.5. The summed E-state index contributed by atoms with van der Waals surface area (Å²) in [6.45, 7) is 6.09. The van der Waals surface area contributed by atoms with E-state index in [2.05, 4.69) is 24.0 Å². The van der Waals surface area contributed by atoms with E-state index in [1.54, 1.807) is 11.8 Å². The van der Waals surface area contributed by atoms with E-state index in [1.807, 2.05) is 18.2 Å². The second-order valence-corrected chi connectivity index (χ2v) is 7.51. The van der Waals surface area contributed by atoms with Crippen LogP contribution in [0, 0.1) is 6.92 Å². The van der Waals surface area contributed by atoms with Crippen LogP contribution < -0.4 is 0 Å². The maximum absolute atomic E-state index is 13.3. The predicted octanol–water partition coefficient (Wildman–Crippen LogP) is 5.24. The number of H-pyrrole nitrogens is 1. The summed E-state index contributed by atoms with van der Waals surface area (Å²) in [5.41, 5.74) is 1.93. The summed E-state index contributed by atoms with van der Waals surface area (Å²) in [6, 6.07) is 5.72. The molecule has 26 heavy (non-hydrogen) atoms. The third kappa shape index (κ3) is 3.75. The topological polar surface area (TPSA) is 49.0 Å². The van der Waals surface area contributed by atoms with Gasteiger partial charge in [0, 0.05) is 23.3 Å². The van der Waals surface area contributed by atoms with Crippen molar-refractivity contribution in [3.05, 3.63) is 51.3 Å². The van der Waals surface area contributed by atoms with Crippen molar-refractivity contribution in [3.63, 3.8) is 0 Å². The monoisotopic (exact) mass is 381 g/mol. The van der Waals surface area contributed by atoms with E-state index in [0.717, 1.165) is 24.0 Å². The van der Waals surface area contributed by atoms with Crippen molar-refractivity contribution < 1.29 is 13.6 Å². The number of rotatable bonds is 6. The van der Waals surface area contributed by atoms with Crippen LogP contribution in [0.2, 0.25) is 5.02 Å². The fourth-order valence-electron chi connectivity index (χ4n) is 3.23. The van der Waals surface area contributed by atoms with Gasteiger partial charge in [-0.15, -0.1) is 0 Å². The number of aromatic amines is 1. The van der Waals surface area contributed by atoms with Gasteiger partial charge in [-0.05, 0) is 48.9 Å². The molecule has 3 rings (SSSR count). The molecule has 0 radical (unpaired) electrons. The van der Waals surface area contributed by atoms with Crippen molar-refractivity contribution in [2.24, 2.45) is 0 Å². The van der Waals surface area contributed by atoms with Crippen LogP contribution in [0.5, 0.6) is 0 Å². The van der Waals surface area contributed by atoms with Gasteiger partial charge in [0.15, 0.2) is 0 Å². The van der Waals surface area contributed by atoms with Gasteiger partial charge < -0.3 is 4.90 Å². The molecule has 0 aliphatic heterocycles. The van der Waals surface area contributed by atoms with Crippen LogP contribution in [0.25, 0.3) is 0 Å². The Morgan fingerprint density at radius 2 is 2.08 bits per heavy atom. The number of aromatic nitrogens is 2. The minimum atomic E-state index is -2.79. The zero-order chi connectivity index (χ0) is 19.0. The molecule has 0 unspecified atom stereocenters. The minimum Gasteiger partial charge on any atom is -0.331 e. The van der Waals surface area contributed by atoms with Crippen molar-refractivity contribution in [2.45, 2.75) is 58.5 Å². The van der Waals surface area contributed by atoms with E-state index in [4.69, 9.17) is 11.6 Å². The molecule has 4 nitrogen and oxygen atoms in total. The largest absolute Gasteiger partial charge is 0.331 e. The number of halogens is 3. The van der Waals surface area contributed by atoms with Gasteiger partial charge in [0.1, 0.15) is 5.69 Å². The number of carbonyl (C=O) groups is 1. The average Bonchev–Trinajstić information content (AvgIpc) is 3.33. The number of benzene rings is 1. The summed E-state index contributed by atoms with van der Waals surface area (Å²) in [7, 11) is 0. The first-order valence-electron chi connectivity index (χ1n) is 8.71. The van der Waals surface area contributed by atoms with E-state index in [-0.39, 0.29) is 17.5 Å². The van der Waals surface area contributed by atoms with Gasteiger partial charge >= 0.3 is 0 Å². The average molecular weight is 382 g/mol. The quantitative estimate of drug-likeness (QED) is 0.744. The maximum atomic E-state index is 13.3. The summed E-state index contributed by atoms with van der Waals surface area (Å²) in [6.07, 6.45) is -1.04. The number of hydrogen-bond acceptors (Lipinski definition) is 2. The molecule has 0 saturated heterocycles. The molecule has 7 heteroatoms. The molecule has 1 aromatic carbocycles. The number of hydrogen-bond donors (Lipinski definition) is 1. The first-order chi connectivity index (χ1) is 12.3. The Labute approximate surface area is 156 Å². The lowest BCUT2D eigenvalue weighted by Crippen LogP contribution is -2.34. The number of alkyl halides is 2. The molecule has 1 aromatic heterocycles. The van der Waals surface area contributed by atoms with Crippen molar-refractivity contribution >= 4 is 17.5 Å². The molecule has 1 aliphatic rings. The van der Waals surface area contributed by atoms with Crippen LogP contribution in [-0.2, 0) is 6.54 Å². The normalized spacial score (nSPS) is 14.3. The molecule has 1 fully saturated rings. The third-order valence-electron chi connectivity index (χ3n) is 4.71. The van der Waals surface area contributed by atoms with Crippen LogP contribution in [0.1, 0.15) is 71.9 Å². The highest BCUT2D eigenvalue weighted by Crippen LogP contribution is 2.34. The van der Waals surface area contributed by atoms with E-state index >= 15 is 0 Å². The van der Waals surface area contributed by atoms with Gasteiger partial charge in [0.2, 0.25) is 0 Å². The van der Waals surface area contributed by atoms with Crippen LogP contribution in [0.15, 0.2) is 18.2 Å². The molecule has 1 heterocycles. The van der Waals surface area contributed by atoms with E-state index in [0.29, 0.717) is 17.3 Å². The fraction of sp³-hybridized carbons (Fsp3) is 0.474. The first-order valence-corrected chi connectivity index (χ1v) is 9.09. The molecular formula is C19H22ClF2N3O. The standard InChI is InChI=1S/C19H22ClF2N3O/c1-10(2)15-7-4-13(20)8-12(15)9-25(14-5-6-14)19(26)16-11(3)23-24-17(16)18(21)22/h4,7-8,10,14,18H,5-6,9H2,1-3H3,(H,23,24). The number of amides is 1. The van der Waals surface area contributed by atoms with Crippen LogP contribution in [0.3, 0.4) is 0 Å². The Morgan fingerprint density at radius 3 is 2.65 bits per heavy atom. The van der Waals surface area contributed by atoms with Crippen molar-refractivity contribution in [3.8, 4) is 0 Å². The van der Waals surface area contributed by atoms with Gasteiger partial charge in [-0.25, -0.2) is 8.78 Å². The molecule has 1 amide bonds. The smallest absolute Gasteiger partial charge is 0.282 e. The summed E-state index contributed by atoms with van der Waals surface area (Å²) >= 11 is 6.15. The molecule has 0 bridgehead atoms. The van der Waals surface area contributed by atoms with Gasteiger partial charge in [-0.2, -0.15) is 5.10 Å². The van der Waals surface area contributed by atoms with Crippen LogP contribution in [0.4, 0.5) is 8.78 Å². The number of carbonyl (C=O) groups excluding carboxylic acids is 1. The number of nitrogens with zero attached hydrogens (tertiary/aromatic N) is 2. The highest BCUT2D eigenvalue weighted by molar-refractivity contribution is 6.30. The van der Waals surface area contributed by atoms with Gasteiger partial charge in [-0.1, -0.05) is 31.5 Å². The molecule has 0 atom stereocenters. The second-order valence-electron chi connectivity index (χ2n) is 7.07. The SMILES string of the molecule is Cc1[nH]nc(C(F)F)c1C(=O)N(Cc1cc(Cl)ccc1C(C)C)C1CC1. The summed E-state index contributed by atoms with van der Waals surface area (Å²) in [5, 5.41) is 6.74. The summed E-state index contributed by atoms with van der Waals surface area (Å²) in [4.78, 5) is 14.8. The third-order valence-corrected chi connectivity index (χ3v) is 4.95. The lowest BCUT2D eigenvalue weighted by molar-refractivity contribution is 0.0716. The first kappa shape index (κ1) is 18.8. The maximum Gasteiger partial charge on any atom is 0.282 e. The van der Waals surface area contributed by atoms with Crippen LogP contribution >= 0.6 is 11.6 Å². The Bertz CT molecular complexity index is 815. The molecule has 0 spiro atoms. The predicted molar refractivity (Wildman–Crippen MR) is 96.7 cm³/mol. The van der Waals surface area contributed by atoms with Gasteiger partial charge in [-0.3, -0.25) is 9.89 Å². The zero-order valence-electron chi connectivity index (χ0n) is 15.0. The number of aryl methyl sites for hydroxylation is 1. The number of nitrogens with one attached hydrogen (secondary N) is 1. The Hall–Kier alpha value is -1.95. The summed E-state index contributed by atoms with van der Waals surface area (Å²) < 4.78 is 26.5. The van der Waals surface area contributed by atoms with E-state index in [1.165, 1.54) is 0 Å². The van der Waals surface area contributed by atoms with E-state index in [9.17, 15) is 13.6 Å². The second kappa shape index (κ2) is 7.35. The van der Waals surface area contributed by atoms with Crippen molar-refractivity contribution in [1.29, 1.82) is 0 Å². The highest BCUT2D eigenvalue weighted by Gasteiger charge is 2.37. The zero-order valence-corrected chi connectivity index (χ0v) is 15.8. The molecule has 1 aliphatic carbocycles. The molecule has 1 N–H and O–H groups in total. The van der Waals surface area contributed by atoms with E-state index < -0.39 is 18.0 Å². The van der Waals surface area contributed by atoms with Crippen molar-refractivity contribution in [1.82, 2.24) is 15.1 Å². The van der Waals surface area contributed by atoms with Crippen LogP contribution in [-0.4, -0.2) is 27.0 Å². The molecule has 140 valence electrons. The molecular weight excluding hydrogens is 360 g/mol. The van der Waals surface area contributed by atoms with Gasteiger partial charge in [0.05, 0.1) is 5.56 Å². The Kier molecular flexibility index (Phi) is 5.32. The summed E-state index contributed by atoms with van der Waals surface area (Å²) in [5.74, 6) is -0.130. The van der Waals surface area contributed by atoms with Gasteiger partial charge in [0.25, 0.3) is 12.3 Å².